The first kappa shape index (κ1) is 20.7. The number of carbonyl (C=O) groups is 3. The van der Waals surface area contributed by atoms with Crippen molar-refractivity contribution in [2.24, 2.45) is 0 Å². The van der Waals surface area contributed by atoms with Gasteiger partial charge in [0.15, 0.2) is 0 Å². The molecule has 0 bridgehead atoms. The lowest BCUT2D eigenvalue weighted by Gasteiger charge is -2.25. The zero-order valence-electron chi connectivity index (χ0n) is 15.8. The molecule has 6 heteroatoms. The Morgan fingerprint density at radius 3 is 2.16 bits per heavy atom. The zero-order valence-corrected chi connectivity index (χ0v) is 15.8. The van der Waals surface area contributed by atoms with Gasteiger partial charge in [-0.05, 0) is 33.3 Å². The SMILES string of the molecule is CCN(CC(=O)NC(C)C)C(=O)CC(NC(C)=O)c1ccc(C)cc1. The Labute approximate surface area is 150 Å². The number of hydrogen-bond donors (Lipinski definition) is 2. The molecular formula is C19H29N3O3. The number of amides is 3. The van der Waals surface area contributed by atoms with Crippen molar-refractivity contribution in [3.8, 4) is 0 Å². The molecule has 25 heavy (non-hydrogen) atoms. The number of nitrogens with zero attached hydrogens (tertiary/aromatic N) is 1. The molecule has 0 radical (unpaired) electrons. The average molecular weight is 347 g/mol. The first-order valence-electron chi connectivity index (χ1n) is 8.63. The highest BCUT2D eigenvalue weighted by molar-refractivity contribution is 5.85. The quantitative estimate of drug-likeness (QED) is 0.754. The summed E-state index contributed by atoms with van der Waals surface area (Å²) in [5.41, 5.74) is 1.98. The second-order valence-electron chi connectivity index (χ2n) is 6.50. The van der Waals surface area contributed by atoms with Crippen LogP contribution in [0, 0.1) is 6.92 Å². The zero-order chi connectivity index (χ0) is 19.0. The van der Waals surface area contributed by atoms with Crippen LogP contribution < -0.4 is 10.6 Å². The van der Waals surface area contributed by atoms with Crippen molar-refractivity contribution >= 4 is 17.7 Å². The molecule has 138 valence electrons. The number of aryl methyl sites for hydroxylation is 1. The highest BCUT2D eigenvalue weighted by Crippen LogP contribution is 2.19. The van der Waals surface area contributed by atoms with Gasteiger partial charge in [0.05, 0.1) is 19.0 Å². The van der Waals surface area contributed by atoms with Crippen molar-refractivity contribution in [1.29, 1.82) is 0 Å². The molecular weight excluding hydrogens is 318 g/mol. The molecule has 1 unspecified atom stereocenters. The fraction of sp³-hybridized carbons (Fsp3) is 0.526. The standard InChI is InChI=1S/C19H29N3O3/c1-6-22(12-18(24)20-13(2)3)19(25)11-17(21-15(5)23)16-9-7-14(4)8-10-16/h7-10,13,17H,6,11-12H2,1-5H3,(H,20,24)(H,21,23). The molecule has 0 aromatic heterocycles. The number of rotatable bonds is 8. The van der Waals surface area contributed by atoms with Gasteiger partial charge in [-0.3, -0.25) is 14.4 Å². The van der Waals surface area contributed by atoms with Crippen molar-refractivity contribution < 1.29 is 14.4 Å². The molecule has 0 spiro atoms. The van der Waals surface area contributed by atoms with E-state index in [-0.39, 0.29) is 36.7 Å². The van der Waals surface area contributed by atoms with Gasteiger partial charge in [-0.2, -0.15) is 0 Å². The minimum atomic E-state index is -0.409. The first-order valence-corrected chi connectivity index (χ1v) is 8.63. The Kier molecular flexibility index (Phi) is 8.11. The van der Waals surface area contributed by atoms with Crippen LogP contribution in [0.5, 0.6) is 0 Å². The minimum absolute atomic E-state index is 0.0220. The molecule has 0 aliphatic rings. The van der Waals surface area contributed by atoms with E-state index in [1.165, 1.54) is 11.8 Å². The molecule has 0 saturated carbocycles. The van der Waals surface area contributed by atoms with Crippen LogP contribution >= 0.6 is 0 Å². The van der Waals surface area contributed by atoms with Crippen molar-refractivity contribution in [1.82, 2.24) is 15.5 Å². The van der Waals surface area contributed by atoms with Gasteiger partial charge in [0, 0.05) is 19.5 Å². The Morgan fingerprint density at radius 1 is 1.08 bits per heavy atom. The fourth-order valence-electron chi connectivity index (χ4n) is 2.52. The number of likely N-dealkylation sites (N-methyl/N-ethyl adjacent to an activating group) is 1. The third kappa shape index (κ3) is 7.37. The minimum Gasteiger partial charge on any atom is -0.352 e. The molecule has 0 aliphatic carbocycles. The maximum atomic E-state index is 12.6. The second-order valence-corrected chi connectivity index (χ2v) is 6.50. The van der Waals surface area contributed by atoms with E-state index >= 15 is 0 Å². The Balaban J connectivity index is 2.83. The molecule has 1 aromatic rings. The van der Waals surface area contributed by atoms with E-state index in [0.29, 0.717) is 6.54 Å². The molecule has 0 aliphatic heterocycles. The van der Waals surface area contributed by atoms with Crippen LogP contribution in [0.4, 0.5) is 0 Å². The number of hydrogen-bond acceptors (Lipinski definition) is 3. The summed E-state index contributed by atoms with van der Waals surface area (Å²) in [6, 6.07) is 7.33. The fourth-order valence-corrected chi connectivity index (χ4v) is 2.52. The van der Waals surface area contributed by atoms with E-state index in [9.17, 15) is 14.4 Å². The molecule has 1 rings (SSSR count). The number of benzene rings is 1. The molecule has 0 fully saturated rings. The van der Waals surface area contributed by atoms with E-state index in [1.54, 1.807) is 0 Å². The lowest BCUT2D eigenvalue weighted by molar-refractivity contribution is -0.136. The predicted molar refractivity (Wildman–Crippen MR) is 97.9 cm³/mol. The summed E-state index contributed by atoms with van der Waals surface area (Å²) in [7, 11) is 0. The molecule has 0 heterocycles. The summed E-state index contributed by atoms with van der Waals surface area (Å²) in [5, 5.41) is 5.61. The van der Waals surface area contributed by atoms with Crippen LogP contribution in [-0.2, 0) is 14.4 Å². The molecule has 1 atom stereocenters. The van der Waals surface area contributed by atoms with Crippen LogP contribution in [-0.4, -0.2) is 41.8 Å². The lowest BCUT2D eigenvalue weighted by atomic mass is 10.0. The highest BCUT2D eigenvalue weighted by atomic mass is 16.2. The van der Waals surface area contributed by atoms with Crippen LogP contribution in [0.15, 0.2) is 24.3 Å². The maximum Gasteiger partial charge on any atom is 0.239 e. The van der Waals surface area contributed by atoms with Crippen LogP contribution in [0.25, 0.3) is 0 Å². The highest BCUT2D eigenvalue weighted by Gasteiger charge is 2.22. The molecule has 6 nitrogen and oxygen atoms in total. The largest absolute Gasteiger partial charge is 0.352 e. The lowest BCUT2D eigenvalue weighted by Crippen LogP contribution is -2.43. The second kappa shape index (κ2) is 9.81. The van der Waals surface area contributed by atoms with Gasteiger partial charge >= 0.3 is 0 Å². The Morgan fingerprint density at radius 2 is 1.68 bits per heavy atom. The van der Waals surface area contributed by atoms with Gasteiger partial charge in [-0.25, -0.2) is 0 Å². The van der Waals surface area contributed by atoms with Crippen molar-refractivity contribution in [3.63, 3.8) is 0 Å². The topological polar surface area (TPSA) is 78.5 Å². The summed E-state index contributed by atoms with van der Waals surface area (Å²) < 4.78 is 0. The summed E-state index contributed by atoms with van der Waals surface area (Å²) in [4.78, 5) is 37.6. The monoisotopic (exact) mass is 347 g/mol. The summed E-state index contributed by atoms with van der Waals surface area (Å²) in [6.07, 6.45) is 0.117. The van der Waals surface area contributed by atoms with E-state index < -0.39 is 6.04 Å². The third-order valence-corrected chi connectivity index (χ3v) is 3.75. The number of nitrogens with one attached hydrogen (secondary N) is 2. The smallest absolute Gasteiger partial charge is 0.239 e. The van der Waals surface area contributed by atoms with Gasteiger partial charge < -0.3 is 15.5 Å². The van der Waals surface area contributed by atoms with Gasteiger partial charge in [-0.1, -0.05) is 29.8 Å². The molecule has 1 aromatic carbocycles. The Hall–Kier alpha value is -2.37. The average Bonchev–Trinajstić information content (AvgIpc) is 2.51. The Bertz CT molecular complexity index is 596. The first-order chi connectivity index (χ1) is 11.7. The van der Waals surface area contributed by atoms with Crippen molar-refractivity contribution in [2.45, 2.75) is 53.1 Å². The summed E-state index contributed by atoms with van der Waals surface area (Å²) >= 11 is 0. The summed E-state index contributed by atoms with van der Waals surface area (Å²) in [5.74, 6) is -0.545. The molecule has 0 saturated heterocycles. The summed E-state index contributed by atoms with van der Waals surface area (Å²) in [6.45, 7) is 9.45. The van der Waals surface area contributed by atoms with Gasteiger partial charge in [0.2, 0.25) is 17.7 Å². The third-order valence-electron chi connectivity index (χ3n) is 3.75. The van der Waals surface area contributed by atoms with E-state index in [1.807, 2.05) is 52.0 Å². The molecule has 2 N–H and O–H groups in total. The van der Waals surface area contributed by atoms with Crippen molar-refractivity contribution in [2.75, 3.05) is 13.1 Å². The van der Waals surface area contributed by atoms with Gasteiger partial charge in [-0.15, -0.1) is 0 Å². The van der Waals surface area contributed by atoms with Crippen LogP contribution in [0.2, 0.25) is 0 Å². The maximum absolute atomic E-state index is 12.6. The van der Waals surface area contributed by atoms with Crippen LogP contribution in [0.3, 0.4) is 0 Å². The van der Waals surface area contributed by atoms with Gasteiger partial charge in [0.1, 0.15) is 0 Å². The molecule has 3 amide bonds. The van der Waals surface area contributed by atoms with Crippen LogP contribution in [0.1, 0.15) is 51.3 Å². The predicted octanol–water partition coefficient (Wildman–Crippen LogP) is 1.94. The van der Waals surface area contributed by atoms with E-state index in [2.05, 4.69) is 10.6 Å². The van der Waals surface area contributed by atoms with E-state index in [0.717, 1.165) is 11.1 Å². The normalized spacial score (nSPS) is 11.8. The van der Waals surface area contributed by atoms with Crippen molar-refractivity contribution in [3.05, 3.63) is 35.4 Å². The van der Waals surface area contributed by atoms with E-state index in [4.69, 9.17) is 0 Å². The number of carbonyl (C=O) groups excluding carboxylic acids is 3. The van der Waals surface area contributed by atoms with Gasteiger partial charge in [0.25, 0.3) is 0 Å².